The van der Waals surface area contributed by atoms with Crippen LogP contribution in [-0.4, -0.2) is 45.4 Å². The molecule has 1 N–H and O–H groups in total. The van der Waals surface area contributed by atoms with Crippen molar-refractivity contribution < 1.29 is 22.7 Å². The van der Waals surface area contributed by atoms with Crippen LogP contribution in [0.15, 0.2) is 53.4 Å². The molecule has 2 aromatic rings. The van der Waals surface area contributed by atoms with E-state index in [1.807, 2.05) is 31.2 Å². The largest absolute Gasteiger partial charge is 0.497 e. The second kappa shape index (κ2) is 9.95. The van der Waals surface area contributed by atoms with Crippen LogP contribution in [0, 0.1) is 0 Å². The molecule has 1 unspecified atom stereocenters. The van der Waals surface area contributed by atoms with Crippen LogP contribution in [0.1, 0.15) is 37.8 Å². The number of carbonyl (C=O) groups is 1. The Morgan fingerprint density at radius 2 is 1.60 bits per heavy atom. The number of benzene rings is 2. The molecule has 1 fully saturated rings. The highest BCUT2D eigenvalue weighted by Gasteiger charge is 2.25. The lowest BCUT2D eigenvalue weighted by Crippen LogP contribution is -2.35. The van der Waals surface area contributed by atoms with Gasteiger partial charge in [-0.3, -0.25) is 4.79 Å². The first-order valence-corrected chi connectivity index (χ1v) is 11.5. The molecule has 2 aromatic carbocycles. The van der Waals surface area contributed by atoms with E-state index in [2.05, 4.69) is 5.32 Å². The average molecular weight is 433 g/mol. The van der Waals surface area contributed by atoms with Crippen LogP contribution >= 0.6 is 0 Å². The lowest BCUT2D eigenvalue weighted by Gasteiger charge is -2.25. The number of hydrogen-bond donors (Lipinski definition) is 1. The topological polar surface area (TPSA) is 84.9 Å². The minimum absolute atomic E-state index is 0.154. The van der Waals surface area contributed by atoms with Crippen molar-refractivity contribution in [3.8, 4) is 11.5 Å². The molecular formula is C22H28N2O5S. The van der Waals surface area contributed by atoms with Crippen LogP contribution in [-0.2, 0) is 14.8 Å². The molecule has 1 heterocycles. The Morgan fingerprint density at radius 1 is 1.00 bits per heavy atom. The zero-order valence-corrected chi connectivity index (χ0v) is 18.2. The third-order valence-corrected chi connectivity index (χ3v) is 7.05. The third-order valence-electron chi connectivity index (χ3n) is 5.14. The molecule has 1 saturated heterocycles. The molecule has 1 aliphatic rings. The maximum absolute atomic E-state index is 12.7. The van der Waals surface area contributed by atoms with Crippen molar-refractivity contribution in [2.75, 3.05) is 26.8 Å². The number of hydrogen-bond acceptors (Lipinski definition) is 5. The van der Waals surface area contributed by atoms with Crippen LogP contribution in [0.4, 0.5) is 0 Å². The Balaban J connectivity index is 1.52. The Labute approximate surface area is 178 Å². The van der Waals surface area contributed by atoms with Gasteiger partial charge in [0.1, 0.15) is 11.5 Å². The molecule has 0 spiro atoms. The van der Waals surface area contributed by atoms with Crippen molar-refractivity contribution in [1.29, 1.82) is 0 Å². The molecule has 3 rings (SSSR count). The van der Waals surface area contributed by atoms with Crippen LogP contribution in [0.3, 0.4) is 0 Å². The van der Waals surface area contributed by atoms with E-state index in [9.17, 15) is 13.2 Å². The van der Waals surface area contributed by atoms with Gasteiger partial charge in [-0.15, -0.1) is 0 Å². The van der Waals surface area contributed by atoms with Crippen LogP contribution in [0.2, 0.25) is 0 Å². The van der Waals surface area contributed by atoms with Crippen molar-refractivity contribution in [3.05, 3.63) is 54.1 Å². The van der Waals surface area contributed by atoms with Crippen molar-refractivity contribution in [2.24, 2.45) is 0 Å². The number of nitrogens with zero attached hydrogens (tertiary/aromatic N) is 1. The van der Waals surface area contributed by atoms with Gasteiger partial charge in [-0.1, -0.05) is 18.6 Å². The minimum atomic E-state index is -3.47. The highest BCUT2D eigenvalue weighted by atomic mass is 32.2. The minimum Gasteiger partial charge on any atom is -0.497 e. The number of amides is 1. The van der Waals surface area contributed by atoms with Gasteiger partial charge < -0.3 is 14.8 Å². The zero-order chi connectivity index (χ0) is 21.6. The Hall–Kier alpha value is -2.58. The normalized spacial score (nSPS) is 15.9. The summed E-state index contributed by atoms with van der Waals surface area (Å²) < 4.78 is 37.5. The molecule has 1 atom stereocenters. The molecule has 8 heteroatoms. The highest BCUT2D eigenvalue weighted by Crippen LogP contribution is 2.23. The summed E-state index contributed by atoms with van der Waals surface area (Å²) in [6.07, 6.45) is 2.85. The summed E-state index contributed by atoms with van der Waals surface area (Å²) in [7, 11) is -1.87. The smallest absolute Gasteiger partial charge is 0.258 e. The van der Waals surface area contributed by atoms with Crippen LogP contribution in [0.5, 0.6) is 11.5 Å². The summed E-state index contributed by atoms with van der Waals surface area (Å²) in [4.78, 5) is 12.4. The van der Waals surface area contributed by atoms with Gasteiger partial charge in [0.05, 0.1) is 18.0 Å². The molecule has 0 saturated carbocycles. The van der Waals surface area contributed by atoms with E-state index in [0.29, 0.717) is 18.8 Å². The fourth-order valence-corrected chi connectivity index (χ4v) is 4.89. The first-order valence-electron chi connectivity index (χ1n) is 10.1. The number of sulfonamides is 1. The standard InChI is InChI=1S/C22H28N2O5S/c1-17(18-6-8-19(28-2)9-7-18)23-22(25)16-29-20-10-12-21(13-11-20)30(26,27)24-14-4-3-5-15-24/h6-13,17H,3-5,14-16H2,1-2H3,(H,23,25). The molecule has 30 heavy (non-hydrogen) atoms. The fraction of sp³-hybridized carbons (Fsp3) is 0.409. The van der Waals surface area contributed by atoms with E-state index in [1.165, 1.54) is 16.4 Å². The summed E-state index contributed by atoms with van der Waals surface area (Å²) in [5.74, 6) is 0.939. The van der Waals surface area contributed by atoms with Gasteiger partial charge in [-0.25, -0.2) is 8.42 Å². The predicted octanol–water partition coefficient (Wildman–Crippen LogP) is 3.13. The number of nitrogens with one attached hydrogen (secondary N) is 1. The first-order chi connectivity index (χ1) is 14.4. The lowest BCUT2D eigenvalue weighted by molar-refractivity contribution is -0.123. The second-order valence-corrected chi connectivity index (χ2v) is 9.23. The first kappa shape index (κ1) is 22.1. The van der Waals surface area contributed by atoms with E-state index >= 15 is 0 Å². The van der Waals surface area contributed by atoms with Crippen LogP contribution in [0.25, 0.3) is 0 Å². The van der Waals surface area contributed by atoms with E-state index < -0.39 is 10.0 Å². The quantitative estimate of drug-likeness (QED) is 0.693. The number of carbonyl (C=O) groups excluding carboxylic acids is 1. The second-order valence-electron chi connectivity index (χ2n) is 7.29. The summed E-state index contributed by atoms with van der Waals surface area (Å²) >= 11 is 0. The number of ether oxygens (including phenoxy) is 2. The van der Waals surface area contributed by atoms with Crippen LogP contribution < -0.4 is 14.8 Å². The lowest BCUT2D eigenvalue weighted by atomic mass is 10.1. The summed E-state index contributed by atoms with van der Waals surface area (Å²) in [6, 6.07) is 13.5. The Kier molecular flexibility index (Phi) is 7.33. The molecule has 0 aliphatic carbocycles. The maximum Gasteiger partial charge on any atom is 0.258 e. The van der Waals surface area contributed by atoms with Gasteiger partial charge in [0.25, 0.3) is 5.91 Å². The third kappa shape index (κ3) is 5.52. The molecule has 1 amide bonds. The summed E-state index contributed by atoms with van der Waals surface area (Å²) in [6.45, 7) is 2.86. The average Bonchev–Trinajstić information content (AvgIpc) is 2.78. The number of piperidine rings is 1. The molecule has 7 nitrogen and oxygen atoms in total. The molecule has 1 aliphatic heterocycles. The Bertz CT molecular complexity index is 936. The molecule has 162 valence electrons. The van der Waals surface area contributed by atoms with Crippen molar-refractivity contribution in [3.63, 3.8) is 0 Å². The Morgan fingerprint density at radius 3 is 2.20 bits per heavy atom. The van der Waals surface area contributed by atoms with Gasteiger partial charge in [-0.2, -0.15) is 4.31 Å². The molecule has 0 aromatic heterocycles. The fourth-order valence-electron chi connectivity index (χ4n) is 3.37. The van der Waals surface area contributed by atoms with E-state index in [1.54, 1.807) is 19.2 Å². The van der Waals surface area contributed by atoms with Gasteiger partial charge in [0, 0.05) is 13.1 Å². The van der Waals surface area contributed by atoms with E-state index in [-0.39, 0.29) is 23.5 Å². The molecule has 0 bridgehead atoms. The molecular weight excluding hydrogens is 404 g/mol. The number of rotatable bonds is 8. The van der Waals surface area contributed by atoms with E-state index in [4.69, 9.17) is 9.47 Å². The predicted molar refractivity (Wildman–Crippen MR) is 114 cm³/mol. The van der Waals surface area contributed by atoms with Gasteiger partial charge in [-0.05, 0) is 61.7 Å². The van der Waals surface area contributed by atoms with E-state index in [0.717, 1.165) is 30.6 Å². The maximum atomic E-state index is 12.7. The molecule has 0 radical (unpaired) electrons. The van der Waals surface area contributed by atoms with Gasteiger partial charge >= 0.3 is 0 Å². The van der Waals surface area contributed by atoms with Gasteiger partial charge in [0.2, 0.25) is 10.0 Å². The van der Waals surface area contributed by atoms with Crippen molar-refractivity contribution >= 4 is 15.9 Å². The number of methoxy groups -OCH3 is 1. The monoisotopic (exact) mass is 432 g/mol. The summed E-state index contributed by atoms with van der Waals surface area (Å²) in [5.41, 5.74) is 0.955. The zero-order valence-electron chi connectivity index (χ0n) is 17.3. The summed E-state index contributed by atoms with van der Waals surface area (Å²) in [5, 5.41) is 2.88. The van der Waals surface area contributed by atoms with Crippen molar-refractivity contribution in [1.82, 2.24) is 9.62 Å². The SMILES string of the molecule is COc1ccc(C(C)NC(=O)COc2ccc(S(=O)(=O)N3CCCCC3)cc2)cc1. The van der Waals surface area contributed by atoms with Crippen molar-refractivity contribution in [2.45, 2.75) is 37.1 Å². The highest BCUT2D eigenvalue weighted by molar-refractivity contribution is 7.89. The van der Waals surface area contributed by atoms with Gasteiger partial charge in [0.15, 0.2) is 6.61 Å².